The summed E-state index contributed by atoms with van der Waals surface area (Å²) in [5.41, 5.74) is 13.8. The molecule has 1 aliphatic rings. The van der Waals surface area contributed by atoms with E-state index in [0.717, 1.165) is 5.56 Å². The van der Waals surface area contributed by atoms with Crippen LogP contribution in [0.5, 0.6) is 0 Å². The van der Waals surface area contributed by atoms with Gasteiger partial charge in [-0.3, -0.25) is 4.79 Å². The van der Waals surface area contributed by atoms with Gasteiger partial charge in [0.1, 0.15) is 29.0 Å². The summed E-state index contributed by atoms with van der Waals surface area (Å²) in [6.45, 7) is 5.31. The van der Waals surface area contributed by atoms with E-state index in [1.165, 1.54) is 12.3 Å². The molecule has 1 aliphatic heterocycles. The number of piperidine rings is 1. The molecule has 0 bridgehead atoms. The van der Waals surface area contributed by atoms with Gasteiger partial charge < -0.3 is 26.3 Å². The van der Waals surface area contributed by atoms with Crippen LogP contribution in [0.4, 0.5) is 10.2 Å². The second-order valence-electron chi connectivity index (χ2n) is 8.52. The number of nitrogen functional groups attached to an aromatic ring is 1. The number of nitrogens with two attached hydrogens (primary N) is 2. The normalized spacial score (nSPS) is 14.4. The van der Waals surface area contributed by atoms with E-state index in [2.05, 4.69) is 16.9 Å². The molecule has 36 heavy (non-hydrogen) atoms. The van der Waals surface area contributed by atoms with Crippen molar-refractivity contribution >= 4 is 29.5 Å². The molecule has 0 spiro atoms. The van der Waals surface area contributed by atoms with E-state index >= 15 is 0 Å². The fraction of sp³-hybridized carbons (Fsp3) is 0.269. The summed E-state index contributed by atoms with van der Waals surface area (Å²) in [7, 11) is 0. The van der Waals surface area contributed by atoms with Crippen molar-refractivity contribution in [3.05, 3.63) is 83.0 Å². The van der Waals surface area contributed by atoms with Gasteiger partial charge in [-0.25, -0.2) is 14.4 Å². The Morgan fingerprint density at radius 3 is 2.61 bits per heavy atom. The van der Waals surface area contributed by atoms with Crippen molar-refractivity contribution in [2.75, 3.05) is 25.4 Å². The minimum absolute atomic E-state index is 0.00178. The number of halogens is 2. The number of carbonyl (C=O) groups excluding carboxylic acids is 1. The Balaban J connectivity index is 1.58. The molecule has 1 aromatic heterocycles. The summed E-state index contributed by atoms with van der Waals surface area (Å²) in [6, 6.07) is 14.0. The summed E-state index contributed by atoms with van der Waals surface area (Å²) in [5, 5.41) is 3.55. The van der Waals surface area contributed by atoms with E-state index in [-0.39, 0.29) is 30.9 Å². The second kappa shape index (κ2) is 11.4. The number of aromatic nitrogens is 2. The van der Waals surface area contributed by atoms with Crippen LogP contribution >= 0.6 is 11.6 Å². The number of rotatable bonds is 8. The maximum atomic E-state index is 13.9. The summed E-state index contributed by atoms with van der Waals surface area (Å²) in [5.74, 6) is 1.06. The number of aliphatic imine (C=N–C) groups is 1. The van der Waals surface area contributed by atoms with Crippen LogP contribution in [0.2, 0.25) is 5.02 Å². The molecule has 0 aliphatic carbocycles. The van der Waals surface area contributed by atoms with Gasteiger partial charge >= 0.3 is 0 Å². The molecule has 4 rings (SSSR count). The number of hydrogen-bond acceptors (Lipinski definition) is 6. The van der Waals surface area contributed by atoms with Crippen molar-refractivity contribution in [2.24, 2.45) is 10.7 Å². The molecular formula is C26H29ClFN7O. The van der Waals surface area contributed by atoms with E-state index in [1.807, 2.05) is 22.8 Å². The molecule has 5 N–H and O–H groups in total. The zero-order chi connectivity index (χ0) is 25.7. The van der Waals surface area contributed by atoms with Crippen molar-refractivity contribution < 1.29 is 9.18 Å². The van der Waals surface area contributed by atoms with E-state index < -0.39 is 0 Å². The van der Waals surface area contributed by atoms with Crippen LogP contribution in [0.25, 0.3) is 11.4 Å². The van der Waals surface area contributed by atoms with E-state index in [4.69, 9.17) is 28.1 Å². The first-order valence-electron chi connectivity index (χ1n) is 11.7. The molecule has 188 valence electrons. The van der Waals surface area contributed by atoms with E-state index in [0.29, 0.717) is 59.7 Å². The molecule has 1 saturated heterocycles. The van der Waals surface area contributed by atoms with Gasteiger partial charge in [0.25, 0.3) is 0 Å². The van der Waals surface area contributed by atoms with Crippen LogP contribution in [0, 0.1) is 5.82 Å². The molecule has 3 aromatic rings. The minimum atomic E-state index is -0.298. The van der Waals surface area contributed by atoms with Crippen LogP contribution in [-0.2, 0) is 11.3 Å². The molecule has 1 fully saturated rings. The third kappa shape index (κ3) is 5.58. The lowest BCUT2D eigenvalue weighted by Gasteiger charge is -2.33. The number of hydrogen-bond donors (Lipinski definition) is 3. The number of imidazole rings is 1. The third-order valence-corrected chi connectivity index (χ3v) is 6.56. The molecule has 0 unspecified atom stereocenters. The average molecular weight is 510 g/mol. The lowest BCUT2D eigenvalue weighted by molar-refractivity contribution is -0.130. The number of amides is 1. The number of nitrogens with one attached hydrogen (secondary N) is 1. The molecule has 10 heteroatoms. The highest BCUT2D eigenvalue weighted by Gasteiger charge is 2.28. The summed E-state index contributed by atoms with van der Waals surface area (Å²) in [4.78, 5) is 22.9. The first kappa shape index (κ1) is 25.4. The van der Waals surface area contributed by atoms with Gasteiger partial charge in [0, 0.05) is 36.8 Å². The highest BCUT2D eigenvalue weighted by molar-refractivity contribution is 6.33. The Hall–Kier alpha value is -3.69. The van der Waals surface area contributed by atoms with Crippen LogP contribution in [0.15, 0.2) is 65.9 Å². The van der Waals surface area contributed by atoms with Gasteiger partial charge in [0.15, 0.2) is 0 Å². The maximum Gasteiger partial charge on any atom is 0.236 e. The second-order valence-corrected chi connectivity index (χ2v) is 8.93. The molecule has 2 aromatic carbocycles. The van der Waals surface area contributed by atoms with E-state index in [9.17, 15) is 9.18 Å². The Kier molecular flexibility index (Phi) is 8.02. The standard InChI is InChI=1S/C26H29ClFN7O/c1-17(31-15-18-6-2-5-9-22(18)28)32-16-23-25(30)35(19-10-12-34(13-11-19)24(36)14-29)26(33-23)20-7-3-4-8-21(20)27/h2-9,16,19,31H,1,10-15,29-30H2. The molecular weight excluding hydrogens is 481 g/mol. The van der Waals surface area contributed by atoms with E-state index in [1.54, 1.807) is 29.2 Å². The summed E-state index contributed by atoms with van der Waals surface area (Å²) in [6.07, 6.45) is 2.95. The van der Waals surface area contributed by atoms with Gasteiger partial charge in [0.2, 0.25) is 5.91 Å². The predicted molar refractivity (Wildman–Crippen MR) is 141 cm³/mol. The summed E-state index contributed by atoms with van der Waals surface area (Å²) < 4.78 is 15.8. The summed E-state index contributed by atoms with van der Waals surface area (Å²) >= 11 is 6.51. The fourth-order valence-corrected chi connectivity index (χ4v) is 4.51. The van der Waals surface area contributed by atoms with Crippen LogP contribution in [0.3, 0.4) is 0 Å². The largest absolute Gasteiger partial charge is 0.383 e. The Labute approximate surface area is 214 Å². The van der Waals surface area contributed by atoms with Crippen LogP contribution in [-0.4, -0.2) is 46.2 Å². The predicted octanol–water partition coefficient (Wildman–Crippen LogP) is 3.73. The first-order valence-corrected chi connectivity index (χ1v) is 12.1. The zero-order valence-corrected chi connectivity index (χ0v) is 20.6. The van der Waals surface area contributed by atoms with Gasteiger partial charge in [-0.15, -0.1) is 0 Å². The highest BCUT2D eigenvalue weighted by atomic mass is 35.5. The number of nitrogens with zero attached hydrogens (tertiary/aromatic N) is 4. The Morgan fingerprint density at radius 1 is 1.22 bits per heavy atom. The fourth-order valence-electron chi connectivity index (χ4n) is 4.29. The van der Waals surface area contributed by atoms with Gasteiger partial charge in [-0.05, 0) is 31.0 Å². The zero-order valence-electron chi connectivity index (χ0n) is 19.8. The quantitative estimate of drug-likeness (QED) is 0.400. The van der Waals surface area contributed by atoms with Crippen LogP contribution in [0.1, 0.15) is 30.1 Å². The number of carbonyl (C=O) groups is 1. The SMILES string of the molecule is C=C(N=Cc1nc(-c2ccccc2Cl)n(C2CCN(C(=O)CN)CC2)c1N)NCc1ccccc1F. The lowest BCUT2D eigenvalue weighted by Crippen LogP contribution is -2.42. The molecule has 1 amide bonds. The number of likely N-dealkylation sites (tertiary alicyclic amines) is 1. The van der Waals surface area contributed by atoms with Gasteiger partial charge in [0.05, 0.1) is 17.8 Å². The molecule has 8 nitrogen and oxygen atoms in total. The highest BCUT2D eigenvalue weighted by Crippen LogP contribution is 2.35. The Bertz CT molecular complexity index is 1280. The number of benzene rings is 2. The van der Waals surface area contributed by atoms with Crippen molar-refractivity contribution in [2.45, 2.75) is 25.4 Å². The maximum absolute atomic E-state index is 13.9. The monoisotopic (exact) mass is 509 g/mol. The van der Waals surface area contributed by atoms with Crippen molar-refractivity contribution in [1.82, 2.24) is 19.8 Å². The lowest BCUT2D eigenvalue weighted by atomic mass is 10.0. The Morgan fingerprint density at radius 2 is 1.92 bits per heavy atom. The van der Waals surface area contributed by atoms with Gasteiger partial charge in [-0.1, -0.05) is 48.5 Å². The average Bonchev–Trinajstić information content (AvgIpc) is 3.22. The molecule has 2 heterocycles. The van der Waals surface area contributed by atoms with Crippen molar-refractivity contribution in [3.63, 3.8) is 0 Å². The van der Waals surface area contributed by atoms with Gasteiger partial charge in [-0.2, -0.15) is 0 Å². The van der Waals surface area contributed by atoms with Crippen molar-refractivity contribution in [1.29, 1.82) is 0 Å². The third-order valence-electron chi connectivity index (χ3n) is 6.23. The smallest absolute Gasteiger partial charge is 0.236 e. The van der Waals surface area contributed by atoms with Crippen molar-refractivity contribution in [3.8, 4) is 11.4 Å². The molecule has 0 saturated carbocycles. The molecule has 0 atom stereocenters. The molecule has 0 radical (unpaired) electrons. The number of anilines is 1. The first-order chi connectivity index (χ1) is 17.4. The minimum Gasteiger partial charge on any atom is -0.383 e. The van der Waals surface area contributed by atoms with Crippen LogP contribution < -0.4 is 16.8 Å². The topological polar surface area (TPSA) is 115 Å².